The fourth-order valence-corrected chi connectivity index (χ4v) is 3.17. The van der Waals surface area contributed by atoms with Gasteiger partial charge in [0.2, 0.25) is 0 Å². The summed E-state index contributed by atoms with van der Waals surface area (Å²) in [5.74, 6) is 0. The molecular weight excluding hydrogens is 392 g/mol. The zero-order valence-corrected chi connectivity index (χ0v) is 16.2. The summed E-state index contributed by atoms with van der Waals surface area (Å²) in [5, 5.41) is 69.1. The summed E-state index contributed by atoms with van der Waals surface area (Å²) in [7, 11) is 0. The first-order chi connectivity index (χ1) is 13.8. The Morgan fingerprint density at radius 1 is 0.759 bits per heavy atom. The molecule has 0 aromatic heterocycles. The average molecular weight is 424 g/mol. The van der Waals surface area contributed by atoms with Crippen molar-refractivity contribution in [3.8, 4) is 0 Å². The van der Waals surface area contributed by atoms with Crippen LogP contribution in [0.3, 0.4) is 0 Å². The van der Waals surface area contributed by atoms with Crippen LogP contribution in [-0.4, -0.2) is 117 Å². The van der Waals surface area contributed by atoms with Crippen molar-refractivity contribution in [3.05, 3.63) is 12.2 Å². The first-order valence-corrected chi connectivity index (χ1v) is 9.70. The van der Waals surface area contributed by atoms with Gasteiger partial charge in [-0.1, -0.05) is 25.5 Å². The van der Waals surface area contributed by atoms with Gasteiger partial charge >= 0.3 is 0 Å². The van der Waals surface area contributed by atoms with E-state index in [1.165, 1.54) is 0 Å². The lowest BCUT2D eigenvalue weighted by Crippen LogP contribution is -2.64. The third kappa shape index (κ3) is 5.93. The van der Waals surface area contributed by atoms with E-state index in [9.17, 15) is 35.7 Å². The first kappa shape index (κ1) is 24.6. The van der Waals surface area contributed by atoms with E-state index < -0.39 is 74.6 Å². The second-order valence-corrected chi connectivity index (χ2v) is 7.10. The molecule has 0 amide bonds. The second kappa shape index (κ2) is 11.6. The molecule has 0 spiro atoms. The van der Waals surface area contributed by atoms with Crippen molar-refractivity contribution in [2.75, 3.05) is 19.8 Å². The molecule has 0 radical (unpaired) electrons. The number of hydrogen-bond acceptors (Lipinski definition) is 11. The molecule has 170 valence electrons. The summed E-state index contributed by atoms with van der Waals surface area (Å²) in [6, 6.07) is 0. The maximum absolute atomic E-state index is 10.4. The van der Waals surface area contributed by atoms with Crippen LogP contribution in [0.25, 0.3) is 0 Å². The van der Waals surface area contributed by atoms with E-state index >= 15 is 0 Å². The highest BCUT2D eigenvalue weighted by Gasteiger charge is 2.50. The highest BCUT2D eigenvalue weighted by molar-refractivity contribution is 4.94. The molecule has 2 fully saturated rings. The van der Waals surface area contributed by atoms with Crippen molar-refractivity contribution in [3.63, 3.8) is 0 Å². The molecule has 11 nitrogen and oxygen atoms in total. The van der Waals surface area contributed by atoms with Crippen LogP contribution in [0.1, 0.15) is 19.8 Å². The van der Waals surface area contributed by atoms with Gasteiger partial charge in [-0.15, -0.1) is 0 Å². The molecule has 2 saturated heterocycles. The Hall–Kier alpha value is -0.700. The highest BCUT2D eigenvalue weighted by atomic mass is 16.8. The van der Waals surface area contributed by atoms with Gasteiger partial charge in [-0.2, -0.15) is 0 Å². The van der Waals surface area contributed by atoms with Crippen LogP contribution >= 0.6 is 0 Å². The monoisotopic (exact) mass is 424 g/mol. The fourth-order valence-electron chi connectivity index (χ4n) is 3.17. The Labute approximate surface area is 168 Å². The van der Waals surface area contributed by atoms with Gasteiger partial charge in [0.1, 0.15) is 48.8 Å². The molecule has 0 aliphatic carbocycles. The van der Waals surface area contributed by atoms with E-state index in [1.807, 2.05) is 13.0 Å². The second-order valence-electron chi connectivity index (χ2n) is 7.10. The summed E-state index contributed by atoms with van der Waals surface area (Å²) in [5.41, 5.74) is 0. The van der Waals surface area contributed by atoms with Crippen LogP contribution < -0.4 is 0 Å². The molecule has 2 aliphatic heterocycles. The minimum Gasteiger partial charge on any atom is -0.394 e. The van der Waals surface area contributed by atoms with Crippen LogP contribution in [0.5, 0.6) is 0 Å². The van der Waals surface area contributed by atoms with Crippen LogP contribution in [0.4, 0.5) is 0 Å². The summed E-state index contributed by atoms with van der Waals surface area (Å²) in [4.78, 5) is 0. The number of aliphatic hydroxyl groups excluding tert-OH is 7. The lowest BCUT2D eigenvalue weighted by Gasteiger charge is -2.45. The third-order valence-corrected chi connectivity index (χ3v) is 4.94. The molecule has 0 aromatic rings. The Morgan fingerprint density at radius 2 is 1.34 bits per heavy atom. The van der Waals surface area contributed by atoms with Crippen molar-refractivity contribution < 1.29 is 54.7 Å². The van der Waals surface area contributed by atoms with Gasteiger partial charge in [0.15, 0.2) is 12.6 Å². The largest absolute Gasteiger partial charge is 0.394 e. The standard InChI is InChI=1S/C18H32O11/c1-2-3-4-5-6-26-18-16(14(24)12(22)10(8-20)28-18)29-17-15(25)13(23)11(21)9(7-19)27-17/h4-5,9-25H,2-3,6-8H2,1H3. The molecule has 0 bridgehead atoms. The van der Waals surface area contributed by atoms with E-state index in [-0.39, 0.29) is 6.61 Å². The normalized spacial score (nSPS) is 43.7. The van der Waals surface area contributed by atoms with Gasteiger partial charge in [-0.25, -0.2) is 0 Å². The molecule has 10 atom stereocenters. The highest BCUT2D eigenvalue weighted by Crippen LogP contribution is 2.29. The van der Waals surface area contributed by atoms with Crippen LogP contribution in [0, 0.1) is 0 Å². The molecule has 11 heteroatoms. The van der Waals surface area contributed by atoms with E-state index in [0.717, 1.165) is 12.8 Å². The van der Waals surface area contributed by atoms with Gasteiger partial charge in [-0.05, 0) is 6.42 Å². The lowest BCUT2D eigenvalue weighted by atomic mass is 9.97. The molecule has 10 unspecified atom stereocenters. The Bertz CT molecular complexity index is 502. The quantitative estimate of drug-likeness (QED) is 0.187. The molecule has 29 heavy (non-hydrogen) atoms. The molecule has 7 N–H and O–H groups in total. The minimum atomic E-state index is -1.70. The van der Waals surface area contributed by atoms with Gasteiger partial charge in [-0.3, -0.25) is 0 Å². The fraction of sp³-hybridized carbons (Fsp3) is 0.889. The van der Waals surface area contributed by atoms with E-state index in [4.69, 9.17) is 18.9 Å². The van der Waals surface area contributed by atoms with E-state index in [1.54, 1.807) is 6.08 Å². The zero-order valence-electron chi connectivity index (χ0n) is 16.2. The van der Waals surface area contributed by atoms with Crippen LogP contribution in [0.15, 0.2) is 12.2 Å². The average Bonchev–Trinajstić information content (AvgIpc) is 2.72. The summed E-state index contributed by atoms with van der Waals surface area (Å²) < 4.78 is 21.8. The van der Waals surface area contributed by atoms with E-state index in [2.05, 4.69) is 0 Å². The van der Waals surface area contributed by atoms with E-state index in [0.29, 0.717) is 0 Å². The Kier molecular flexibility index (Phi) is 9.85. The molecule has 0 aromatic carbocycles. The number of ether oxygens (including phenoxy) is 4. The summed E-state index contributed by atoms with van der Waals surface area (Å²) in [6.45, 7) is 0.895. The zero-order chi connectivity index (χ0) is 21.6. The van der Waals surface area contributed by atoms with Crippen molar-refractivity contribution in [1.29, 1.82) is 0 Å². The number of aliphatic hydroxyl groups is 7. The minimum absolute atomic E-state index is 0.0974. The maximum Gasteiger partial charge on any atom is 0.187 e. The summed E-state index contributed by atoms with van der Waals surface area (Å²) >= 11 is 0. The molecule has 2 heterocycles. The molecule has 0 saturated carbocycles. The molecule has 2 rings (SSSR count). The summed E-state index contributed by atoms with van der Waals surface area (Å²) in [6.07, 6.45) is -9.03. The number of unbranched alkanes of at least 4 members (excludes halogenated alkanes) is 1. The lowest BCUT2D eigenvalue weighted by molar-refractivity contribution is -0.366. The smallest absolute Gasteiger partial charge is 0.187 e. The Balaban J connectivity index is 2.11. The Morgan fingerprint density at radius 3 is 1.93 bits per heavy atom. The van der Waals surface area contributed by atoms with Gasteiger partial charge in [0.25, 0.3) is 0 Å². The van der Waals surface area contributed by atoms with Crippen molar-refractivity contribution >= 4 is 0 Å². The molecule has 2 aliphatic rings. The topological polar surface area (TPSA) is 179 Å². The van der Waals surface area contributed by atoms with Crippen molar-refractivity contribution in [2.24, 2.45) is 0 Å². The van der Waals surface area contributed by atoms with Crippen LogP contribution in [0.2, 0.25) is 0 Å². The van der Waals surface area contributed by atoms with Crippen molar-refractivity contribution in [2.45, 2.75) is 81.2 Å². The van der Waals surface area contributed by atoms with Gasteiger partial charge in [0.05, 0.1) is 19.8 Å². The van der Waals surface area contributed by atoms with Gasteiger partial charge < -0.3 is 54.7 Å². The SMILES string of the molecule is CCCC=CCOC1OC(CO)C(O)C(O)C1OC1OC(CO)C(O)C(O)C1O. The number of rotatable bonds is 9. The van der Waals surface area contributed by atoms with Crippen molar-refractivity contribution in [1.82, 2.24) is 0 Å². The predicted molar refractivity (Wildman–Crippen MR) is 96.4 cm³/mol. The molecular formula is C18H32O11. The number of allylic oxidation sites excluding steroid dienone is 1. The van der Waals surface area contributed by atoms with Crippen LogP contribution in [-0.2, 0) is 18.9 Å². The first-order valence-electron chi connectivity index (χ1n) is 9.70. The predicted octanol–water partition coefficient (Wildman–Crippen LogP) is -3.02. The number of hydrogen-bond donors (Lipinski definition) is 7. The van der Waals surface area contributed by atoms with Gasteiger partial charge in [0, 0.05) is 0 Å². The third-order valence-electron chi connectivity index (χ3n) is 4.94. The maximum atomic E-state index is 10.4.